The zero-order valence-corrected chi connectivity index (χ0v) is 9.96. The monoisotopic (exact) mass is 254 g/mol. The fourth-order valence-corrected chi connectivity index (χ4v) is 2.07. The predicted octanol–water partition coefficient (Wildman–Crippen LogP) is 2.95. The van der Waals surface area contributed by atoms with Gasteiger partial charge in [-0.2, -0.15) is 5.26 Å². The molecule has 2 aromatic heterocycles. The van der Waals surface area contributed by atoms with Crippen molar-refractivity contribution in [3.05, 3.63) is 53.4 Å². The maximum absolute atomic E-state index is 9.19. The number of fused-ring (bicyclic) bond motifs is 1. The molecule has 0 saturated heterocycles. The van der Waals surface area contributed by atoms with Crippen LogP contribution >= 0.6 is 11.6 Å². The summed E-state index contributed by atoms with van der Waals surface area (Å²) in [6.07, 6.45) is 3.29. The van der Waals surface area contributed by atoms with Crippen molar-refractivity contribution in [1.82, 2.24) is 14.5 Å². The van der Waals surface area contributed by atoms with E-state index in [-0.39, 0.29) is 0 Å². The van der Waals surface area contributed by atoms with Gasteiger partial charge in [0, 0.05) is 22.8 Å². The first-order valence-electron chi connectivity index (χ1n) is 5.28. The Kier molecular flexibility index (Phi) is 2.47. The van der Waals surface area contributed by atoms with Crippen molar-refractivity contribution in [3.63, 3.8) is 0 Å². The zero-order chi connectivity index (χ0) is 12.5. The Labute approximate surface area is 108 Å². The molecule has 86 valence electrons. The lowest BCUT2D eigenvalue weighted by atomic mass is 10.2. The van der Waals surface area contributed by atoms with E-state index in [1.807, 2.05) is 12.1 Å². The zero-order valence-electron chi connectivity index (χ0n) is 9.21. The molecule has 0 bridgehead atoms. The van der Waals surface area contributed by atoms with Crippen LogP contribution in [0.4, 0.5) is 0 Å². The van der Waals surface area contributed by atoms with E-state index < -0.39 is 0 Å². The van der Waals surface area contributed by atoms with Gasteiger partial charge in [0.05, 0.1) is 5.52 Å². The summed E-state index contributed by atoms with van der Waals surface area (Å²) in [7, 11) is 0. The Morgan fingerprint density at radius 3 is 2.67 bits per heavy atom. The van der Waals surface area contributed by atoms with Gasteiger partial charge in [-0.15, -0.1) is 0 Å². The van der Waals surface area contributed by atoms with E-state index in [2.05, 4.69) is 16.0 Å². The van der Waals surface area contributed by atoms with Crippen LogP contribution in [0.5, 0.6) is 0 Å². The number of hydrogen-bond donors (Lipinski definition) is 0. The summed E-state index contributed by atoms with van der Waals surface area (Å²) in [6, 6.07) is 11.1. The second-order valence-electron chi connectivity index (χ2n) is 3.73. The molecule has 4 nitrogen and oxygen atoms in total. The Hall–Kier alpha value is -2.38. The fourth-order valence-electron chi connectivity index (χ4n) is 1.89. The first-order valence-corrected chi connectivity index (χ1v) is 5.66. The van der Waals surface area contributed by atoms with Crippen molar-refractivity contribution in [2.75, 3.05) is 0 Å². The van der Waals surface area contributed by atoms with Gasteiger partial charge in [-0.1, -0.05) is 11.6 Å². The number of aromatic nitrogens is 3. The molecule has 18 heavy (non-hydrogen) atoms. The van der Waals surface area contributed by atoms with Crippen LogP contribution in [0.25, 0.3) is 16.9 Å². The minimum absolute atomic E-state index is 0.478. The molecule has 0 aliphatic rings. The van der Waals surface area contributed by atoms with Crippen LogP contribution in [-0.2, 0) is 0 Å². The standard InChI is InChI=1S/C13H7ClN4/c14-10-2-3-12-9(6-10)7-11(8-15)18(12)13-16-4-1-5-17-13/h1-7H. The average Bonchev–Trinajstić information content (AvgIpc) is 2.77. The van der Waals surface area contributed by atoms with Crippen LogP contribution in [-0.4, -0.2) is 14.5 Å². The van der Waals surface area contributed by atoms with Crippen molar-refractivity contribution in [2.24, 2.45) is 0 Å². The van der Waals surface area contributed by atoms with E-state index in [0.717, 1.165) is 10.9 Å². The highest BCUT2D eigenvalue weighted by Gasteiger charge is 2.11. The minimum Gasteiger partial charge on any atom is -0.269 e. The highest BCUT2D eigenvalue weighted by atomic mass is 35.5. The third kappa shape index (κ3) is 1.62. The molecule has 0 aliphatic carbocycles. The van der Waals surface area contributed by atoms with Crippen molar-refractivity contribution in [2.45, 2.75) is 0 Å². The van der Waals surface area contributed by atoms with Crippen LogP contribution in [0.1, 0.15) is 5.69 Å². The van der Waals surface area contributed by atoms with E-state index in [4.69, 9.17) is 11.6 Å². The third-order valence-electron chi connectivity index (χ3n) is 2.63. The second-order valence-corrected chi connectivity index (χ2v) is 4.17. The van der Waals surface area contributed by atoms with Crippen LogP contribution in [0, 0.1) is 11.3 Å². The Bertz CT molecular complexity index is 756. The molecule has 0 saturated carbocycles. The van der Waals surface area contributed by atoms with Crippen LogP contribution in [0.15, 0.2) is 42.7 Å². The molecule has 0 N–H and O–H groups in total. The maximum Gasteiger partial charge on any atom is 0.235 e. The minimum atomic E-state index is 0.478. The average molecular weight is 255 g/mol. The Balaban J connectivity index is 2.38. The largest absolute Gasteiger partial charge is 0.269 e. The lowest BCUT2D eigenvalue weighted by Gasteiger charge is -2.03. The van der Waals surface area contributed by atoms with Gasteiger partial charge >= 0.3 is 0 Å². The molecule has 1 aromatic carbocycles. The van der Waals surface area contributed by atoms with Crippen LogP contribution in [0.2, 0.25) is 5.02 Å². The van der Waals surface area contributed by atoms with E-state index >= 15 is 0 Å². The molecule has 0 atom stereocenters. The van der Waals surface area contributed by atoms with Crippen LogP contribution < -0.4 is 0 Å². The summed E-state index contributed by atoms with van der Waals surface area (Å²) >= 11 is 5.95. The first-order chi connectivity index (χ1) is 8.79. The summed E-state index contributed by atoms with van der Waals surface area (Å²) in [5, 5.41) is 10.7. The predicted molar refractivity (Wildman–Crippen MR) is 68.6 cm³/mol. The van der Waals surface area contributed by atoms with Crippen molar-refractivity contribution in [1.29, 1.82) is 5.26 Å². The maximum atomic E-state index is 9.19. The molecular formula is C13H7ClN4. The van der Waals surface area contributed by atoms with Gasteiger partial charge in [0.25, 0.3) is 0 Å². The van der Waals surface area contributed by atoms with Gasteiger partial charge in [0.1, 0.15) is 11.8 Å². The molecule has 0 amide bonds. The molecule has 3 rings (SSSR count). The molecule has 5 heteroatoms. The Morgan fingerprint density at radius 1 is 1.17 bits per heavy atom. The normalized spacial score (nSPS) is 10.4. The van der Waals surface area contributed by atoms with Gasteiger partial charge in [0.2, 0.25) is 5.95 Å². The third-order valence-corrected chi connectivity index (χ3v) is 2.87. The molecule has 0 radical (unpaired) electrons. The van der Waals surface area contributed by atoms with Crippen molar-refractivity contribution in [3.8, 4) is 12.0 Å². The van der Waals surface area contributed by atoms with E-state index in [0.29, 0.717) is 16.7 Å². The number of benzene rings is 1. The summed E-state index contributed by atoms with van der Waals surface area (Å²) in [5.41, 5.74) is 1.35. The summed E-state index contributed by atoms with van der Waals surface area (Å²) in [4.78, 5) is 8.34. The summed E-state index contributed by atoms with van der Waals surface area (Å²) in [5.74, 6) is 0.478. The quantitative estimate of drug-likeness (QED) is 0.671. The van der Waals surface area contributed by atoms with Gasteiger partial charge in [0.15, 0.2) is 0 Å². The molecule has 2 heterocycles. The second kappa shape index (κ2) is 4.13. The lowest BCUT2D eigenvalue weighted by Crippen LogP contribution is -2.01. The topological polar surface area (TPSA) is 54.5 Å². The van der Waals surface area contributed by atoms with Crippen LogP contribution in [0.3, 0.4) is 0 Å². The van der Waals surface area contributed by atoms with Gasteiger partial charge < -0.3 is 0 Å². The molecule has 3 aromatic rings. The van der Waals surface area contributed by atoms with E-state index in [9.17, 15) is 5.26 Å². The number of nitriles is 1. The van der Waals surface area contributed by atoms with Gasteiger partial charge in [-0.25, -0.2) is 9.97 Å². The SMILES string of the molecule is N#Cc1cc2cc(Cl)ccc2n1-c1ncccn1. The smallest absolute Gasteiger partial charge is 0.235 e. The lowest BCUT2D eigenvalue weighted by molar-refractivity contribution is 0.948. The molecule has 0 aliphatic heterocycles. The number of hydrogen-bond acceptors (Lipinski definition) is 3. The highest BCUT2D eigenvalue weighted by molar-refractivity contribution is 6.31. The van der Waals surface area contributed by atoms with Crippen molar-refractivity contribution >= 4 is 22.5 Å². The molecule has 0 spiro atoms. The summed E-state index contributed by atoms with van der Waals surface area (Å²) in [6.45, 7) is 0. The number of nitrogens with zero attached hydrogens (tertiary/aromatic N) is 4. The molecular weight excluding hydrogens is 248 g/mol. The number of halogens is 1. The number of rotatable bonds is 1. The molecule has 0 fully saturated rings. The van der Waals surface area contributed by atoms with Gasteiger partial charge in [-0.3, -0.25) is 4.57 Å². The van der Waals surface area contributed by atoms with Gasteiger partial charge in [-0.05, 0) is 30.3 Å². The highest BCUT2D eigenvalue weighted by Crippen LogP contribution is 2.25. The summed E-state index contributed by atoms with van der Waals surface area (Å²) < 4.78 is 1.71. The van der Waals surface area contributed by atoms with Crippen molar-refractivity contribution < 1.29 is 0 Å². The Morgan fingerprint density at radius 2 is 1.94 bits per heavy atom. The fraction of sp³-hybridized carbons (Fsp3) is 0. The first kappa shape index (κ1) is 10.8. The van der Waals surface area contributed by atoms with E-state index in [1.165, 1.54) is 0 Å². The van der Waals surface area contributed by atoms with E-state index in [1.54, 1.807) is 35.2 Å². The molecule has 0 unspecified atom stereocenters.